The summed E-state index contributed by atoms with van der Waals surface area (Å²) in [5, 5.41) is 2.89. The van der Waals surface area contributed by atoms with E-state index in [9.17, 15) is 9.59 Å². The maximum atomic E-state index is 12.3. The minimum Gasteiger partial charge on any atom is -0.368 e. The minimum absolute atomic E-state index is 0.0184. The van der Waals surface area contributed by atoms with E-state index in [2.05, 4.69) is 10.2 Å². The maximum Gasteiger partial charge on any atom is 0.251 e. The molecule has 23 heavy (non-hydrogen) atoms. The first-order chi connectivity index (χ1) is 11.2. The van der Waals surface area contributed by atoms with Gasteiger partial charge in [0.15, 0.2) is 0 Å². The fraction of sp³-hybridized carbons (Fsp3) is 0.529. The van der Waals surface area contributed by atoms with Crippen LogP contribution in [0.25, 0.3) is 0 Å². The minimum atomic E-state index is -0.247. The number of para-hydroxylation sites is 1. The van der Waals surface area contributed by atoms with E-state index in [4.69, 9.17) is 4.74 Å². The lowest BCUT2D eigenvalue weighted by molar-refractivity contribution is -0.142. The molecule has 0 aromatic heterocycles. The molecule has 1 aromatic rings. The number of carbonyl (C=O) groups is 2. The maximum absolute atomic E-state index is 12.3. The number of amides is 2. The number of ether oxygens (including phenoxy) is 1. The quantitative estimate of drug-likeness (QED) is 0.898. The molecule has 3 rings (SSSR count). The smallest absolute Gasteiger partial charge is 0.251 e. The second kappa shape index (κ2) is 7.57. The van der Waals surface area contributed by atoms with E-state index < -0.39 is 0 Å². The van der Waals surface area contributed by atoms with Crippen molar-refractivity contribution in [2.45, 2.75) is 18.9 Å². The first kappa shape index (κ1) is 16.0. The van der Waals surface area contributed by atoms with Crippen molar-refractivity contribution in [1.29, 1.82) is 0 Å². The van der Waals surface area contributed by atoms with Crippen molar-refractivity contribution in [2.24, 2.45) is 0 Å². The molecule has 0 aliphatic carbocycles. The van der Waals surface area contributed by atoms with Crippen molar-refractivity contribution in [3.63, 3.8) is 0 Å². The second-order valence-corrected chi connectivity index (χ2v) is 6.02. The second-order valence-electron chi connectivity index (χ2n) is 6.02. The summed E-state index contributed by atoms with van der Waals surface area (Å²) in [6, 6.07) is 9.45. The highest BCUT2D eigenvalue weighted by Crippen LogP contribution is 2.16. The van der Waals surface area contributed by atoms with Crippen molar-refractivity contribution < 1.29 is 14.3 Å². The summed E-state index contributed by atoms with van der Waals surface area (Å²) < 4.78 is 5.46. The van der Waals surface area contributed by atoms with Crippen LogP contribution in [0.4, 0.5) is 5.69 Å². The van der Waals surface area contributed by atoms with Gasteiger partial charge >= 0.3 is 0 Å². The van der Waals surface area contributed by atoms with Crippen LogP contribution in [-0.2, 0) is 14.3 Å². The van der Waals surface area contributed by atoms with E-state index in [1.165, 1.54) is 0 Å². The molecular formula is C17H23N3O3. The van der Waals surface area contributed by atoms with Crippen LogP contribution >= 0.6 is 0 Å². The number of carbonyl (C=O) groups excluding carboxylic acids is 2. The highest BCUT2D eigenvalue weighted by Gasteiger charge is 2.30. The molecule has 6 nitrogen and oxygen atoms in total. The van der Waals surface area contributed by atoms with Gasteiger partial charge in [0.2, 0.25) is 5.91 Å². The third-order valence-corrected chi connectivity index (χ3v) is 4.31. The summed E-state index contributed by atoms with van der Waals surface area (Å²) in [4.78, 5) is 28.3. The number of anilines is 1. The summed E-state index contributed by atoms with van der Waals surface area (Å²) >= 11 is 0. The van der Waals surface area contributed by atoms with Crippen LogP contribution in [0.2, 0.25) is 0 Å². The molecule has 0 radical (unpaired) electrons. The van der Waals surface area contributed by atoms with Crippen molar-refractivity contribution in [1.82, 2.24) is 9.80 Å². The Morgan fingerprint density at radius 1 is 1.13 bits per heavy atom. The van der Waals surface area contributed by atoms with Gasteiger partial charge in [0.25, 0.3) is 5.91 Å². The van der Waals surface area contributed by atoms with Gasteiger partial charge < -0.3 is 15.0 Å². The Morgan fingerprint density at radius 2 is 1.87 bits per heavy atom. The van der Waals surface area contributed by atoms with E-state index in [1.54, 1.807) is 0 Å². The predicted octanol–water partition coefficient (Wildman–Crippen LogP) is 0.948. The summed E-state index contributed by atoms with van der Waals surface area (Å²) in [6.45, 7) is 3.82. The normalized spacial score (nSPS) is 22.1. The van der Waals surface area contributed by atoms with Crippen molar-refractivity contribution in [3.8, 4) is 0 Å². The molecule has 1 aromatic carbocycles. The highest BCUT2D eigenvalue weighted by molar-refractivity contribution is 5.92. The van der Waals surface area contributed by atoms with Crippen molar-refractivity contribution in [3.05, 3.63) is 30.3 Å². The molecule has 0 bridgehead atoms. The van der Waals surface area contributed by atoms with Gasteiger partial charge in [0, 0.05) is 38.5 Å². The Labute approximate surface area is 136 Å². The van der Waals surface area contributed by atoms with Gasteiger partial charge in [-0.1, -0.05) is 18.2 Å². The van der Waals surface area contributed by atoms with Gasteiger partial charge in [-0.15, -0.1) is 0 Å². The number of benzene rings is 1. The third-order valence-electron chi connectivity index (χ3n) is 4.31. The van der Waals surface area contributed by atoms with Crippen LogP contribution in [0.1, 0.15) is 12.8 Å². The summed E-state index contributed by atoms with van der Waals surface area (Å²) in [5.41, 5.74) is 0.810. The van der Waals surface area contributed by atoms with Gasteiger partial charge in [-0.25, -0.2) is 0 Å². The van der Waals surface area contributed by atoms with Gasteiger partial charge in [0.05, 0.1) is 6.54 Å². The molecule has 1 unspecified atom stereocenters. The lowest BCUT2D eigenvalue weighted by Gasteiger charge is -2.35. The molecule has 0 spiro atoms. The fourth-order valence-corrected chi connectivity index (χ4v) is 3.03. The Balaban J connectivity index is 1.42. The van der Waals surface area contributed by atoms with Crippen molar-refractivity contribution >= 4 is 17.5 Å². The molecule has 2 fully saturated rings. The first-order valence-corrected chi connectivity index (χ1v) is 8.20. The molecule has 2 heterocycles. The highest BCUT2D eigenvalue weighted by atomic mass is 16.5. The number of nitrogens with one attached hydrogen (secondary N) is 1. The number of piperazine rings is 1. The van der Waals surface area contributed by atoms with Crippen molar-refractivity contribution in [2.75, 3.05) is 44.6 Å². The van der Waals surface area contributed by atoms with E-state index in [0.717, 1.165) is 31.6 Å². The molecule has 0 saturated carbocycles. The molecule has 2 aliphatic heterocycles. The van der Waals surface area contributed by atoms with Crippen LogP contribution < -0.4 is 5.32 Å². The first-order valence-electron chi connectivity index (χ1n) is 8.20. The fourth-order valence-electron chi connectivity index (χ4n) is 3.03. The Bertz CT molecular complexity index is 535. The number of nitrogens with zero attached hydrogens (tertiary/aromatic N) is 2. The number of hydrogen-bond donors (Lipinski definition) is 1. The van der Waals surface area contributed by atoms with E-state index >= 15 is 0 Å². The number of hydrogen-bond acceptors (Lipinski definition) is 4. The van der Waals surface area contributed by atoms with E-state index in [0.29, 0.717) is 26.2 Å². The summed E-state index contributed by atoms with van der Waals surface area (Å²) in [6.07, 6.45) is 1.55. The van der Waals surface area contributed by atoms with Crippen LogP contribution in [-0.4, -0.2) is 67.0 Å². The molecule has 2 aliphatic rings. The topological polar surface area (TPSA) is 61.9 Å². The van der Waals surface area contributed by atoms with Gasteiger partial charge in [-0.2, -0.15) is 0 Å². The average Bonchev–Trinajstić information content (AvgIpc) is 3.10. The third kappa shape index (κ3) is 4.30. The predicted molar refractivity (Wildman–Crippen MR) is 87.1 cm³/mol. The average molecular weight is 317 g/mol. The summed E-state index contributed by atoms with van der Waals surface area (Å²) in [7, 11) is 0. The molecular weight excluding hydrogens is 294 g/mol. The standard InChI is InChI=1S/C17H23N3O3/c21-16(18-14-5-2-1-3-6-14)13-19-8-10-20(11-9-19)17(22)15-7-4-12-23-15/h1-3,5-6,15H,4,7-13H2,(H,18,21). The van der Waals surface area contributed by atoms with Gasteiger partial charge in [-0.3, -0.25) is 14.5 Å². The summed E-state index contributed by atoms with van der Waals surface area (Å²) in [5.74, 6) is 0.0889. The van der Waals surface area contributed by atoms with E-state index in [1.807, 2.05) is 35.2 Å². The Hall–Kier alpha value is -1.92. The molecule has 124 valence electrons. The lowest BCUT2D eigenvalue weighted by Crippen LogP contribution is -2.52. The lowest BCUT2D eigenvalue weighted by atomic mass is 10.2. The van der Waals surface area contributed by atoms with Crippen LogP contribution in [0, 0.1) is 0 Å². The molecule has 2 amide bonds. The zero-order valence-electron chi connectivity index (χ0n) is 13.2. The van der Waals surface area contributed by atoms with Gasteiger partial charge in [-0.05, 0) is 25.0 Å². The monoisotopic (exact) mass is 317 g/mol. The van der Waals surface area contributed by atoms with Crippen LogP contribution in [0.3, 0.4) is 0 Å². The number of rotatable bonds is 4. The Morgan fingerprint density at radius 3 is 2.52 bits per heavy atom. The zero-order valence-corrected chi connectivity index (χ0v) is 13.2. The van der Waals surface area contributed by atoms with Gasteiger partial charge in [0.1, 0.15) is 6.10 Å². The van der Waals surface area contributed by atoms with Crippen LogP contribution in [0.5, 0.6) is 0 Å². The largest absolute Gasteiger partial charge is 0.368 e. The molecule has 1 atom stereocenters. The van der Waals surface area contributed by atoms with Crippen LogP contribution in [0.15, 0.2) is 30.3 Å². The SMILES string of the molecule is O=C(CN1CCN(C(=O)C2CCCO2)CC1)Nc1ccccc1. The molecule has 6 heteroatoms. The molecule has 2 saturated heterocycles. The van der Waals surface area contributed by atoms with E-state index in [-0.39, 0.29) is 17.9 Å². The Kier molecular flexibility index (Phi) is 5.25. The zero-order chi connectivity index (χ0) is 16.1. The molecule has 1 N–H and O–H groups in total.